The summed E-state index contributed by atoms with van der Waals surface area (Å²) < 4.78 is 12.5. The molecule has 0 radical (unpaired) electrons. The van der Waals surface area contributed by atoms with Crippen molar-refractivity contribution in [2.75, 3.05) is 13.7 Å². The number of unbranched alkanes of at least 4 members (excludes halogenated alkanes) is 3. The minimum absolute atomic E-state index is 0.340. The van der Waals surface area contributed by atoms with E-state index in [9.17, 15) is 4.79 Å². The van der Waals surface area contributed by atoms with Gasteiger partial charge in [-0.1, -0.05) is 25.0 Å². The van der Waals surface area contributed by atoms with Crippen molar-refractivity contribution in [1.82, 2.24) is 10.5 Å². The monoisotopic (exact) mass is 400 g/mol. The summed E-state index contributed by atoms with van der Waals surface area (Å²) in [6.45, 7) is 0.575. The largest absolute Gasteiger partial charge is 0.493 e. The van der Waals surface area contributed by atoms with Crippen molar-refractivity contribution in [2.24, 2.45) is 0 Å². The third kappa shape index (κ3) is 5.21. The second-order valence-corrected chi connectivity index (χ2v) is 7.43. The maximum Gasteiger partial charge on any atom is 0.243 e. The van der Waals surface area contributed by atoms with Gasteiger partial charge in [0.25, 0.3) is 0 Å². The van der Waals surface area contributed by atoms with Crippen LogP contribution in [-0.2, 0) is 4.79 Å². The molecule has 3 rings (SSSR count). The fraction of sp³-hybridized carbons (Fsp3) is 0.333. The SMILES string of the molecule is COc1ccc(-c2nc3ccccc3s2)cc1OCCCCCCC(=O)NO. The Kier molecular flexibility index (Phi) is 7.22. The van der Waals surface area contributed by atoms with Gasteiger partial charge in [0.15, 0.2) is 11.5 Å². The molecule has 0 fully saturated rings. The van der Waals surface area contributed by atoms with E-state index in [4.69, 9.17) is 19.7 Å². The summed E-state index contributed by atoms with van der Waals surface area (Å²) in [5.41, 5.74) is 3.65. The number of nitrogens with one attached hydrogen (secondary N) is 1. The van der Waals surface area contributed by atoms with E-state index in [0.29, 0.717) is 24.5 Å². The number of hydrogen-bond donors (Lipinski definition) is 2. The van der Waals surface area contributed by atoms with Crippen LogP contribution >= 0.6 is 11.3 Å². The molecule has 7 heteroatoms. The molecule has 0 saturated carbocycles. The molecular formula is C21H24N2O4S. The zero-order valence-corrected chi connectivity index (χ0v) is 16.6. The molecule has 0 unspecified atom stereocenters. The number of methoxy groups -OCH3 is 1. The summed E-state index contributed by atoms with van der Waals surface area (Å²) in [4.78, 5) is 15.7. The van der Waals surface area contributed by atoms with E-state index in [1.54, 1.807) is 23.9 Å². The van der Waals surface area contributed by atoms with Crippen molar-refractivity contribution in [3.63, 3.8) is 0 Å². The molecule has 0 aliphatic carbocycles. The Morgan fingerprint density at radius 3 is 2.71 bits per heavy atom. The summed E-state index contributed by atoms with van der Waals surface area (Å²) >= 11 is 1.66. The second-order valence-electron chi connectivity index (χ2n) is 6.40. The van der Waals surface area contributed by atoms with Gasteiger partial charge in [-0.15, -0.1) is 11.3 Å². The van der Waals surface area contributed by atoms with E-state index in [-0.39, 0.29) is 5.91 Å². The Morgan fingerprint density at radius 2 is 1.93 bits per heavy atom. The van der Waals surface area contributed by atoms with Crippen LogP contribution < -0.4 is 15.0 Å². The van der Waals surface area contributed by atoms with Gasteiger partial charge in [-0.2, -0.15) is 0 Å². The number of hydroxylamine groups is 1. The van der Waals surface area contributed by atoms with Crippen molar-refractivity contribution < 1.29 is 19.5 Å². The Morgan fingerprint density at radius 1 is 1.11 bits per heavy atom. The number of carbonyl (C=O) groups excluding carboxylic acids is 1. The number of aromatic nitrogens is 1. The van der Waals surface area contributed by atoms with Crippen LogP contribution in [-0.4, -0.2) is 29.8 Å². The first-order valence-corrected chi connectivity index (χ1v) is 10.1. The van der Waals surface area contributed by atoms with Crippen molar-refractivity contribution in [2.45, 2.75) is 32.1 Å². The fourth-order valence-corrected chi connectivity index (χ4v) is 3.86. The van der Waals surface area contributed by atoms with Gasteiger partial charge in [-0.25, -0.2) is 10.5 Å². The predicted molar refractivity (Wildman–Crippen MR) is 110 cm³/mol. The lowest BCUT2D eigenvalue weighted by Crippen LogP contribution is -2.17. The van der Waals surface area contributed by atoms with Crippen LogP contribution in [0.5, 0.6) is 11.5 Å². The van der Waals surface area contributed by atoms with Crippen LogP contribution in [0.3, 0.4) is 0 Å². The number of para-hydroxylation sites is 1. The number of nitrogens with zero attached hydrogens (tertiary/aromatic N) is 1. The normalized spacial score (nSPS) is 10.8. The number of ether oxygens (including phenoxy) is 2. The summed E-state index contributed by atoms with van der Waals surface area (Å²) in [7, 11) is 1.63. The zero-order valence-electron chi connectivity index (χ0n) is 15.8. The smallest absolute Gasteiger partial charge is 0.243 e. The van der Waals surface area contributed by atoms with Crippen molar-refractivity contribution in [1.29, 1.82) is 0 Å². The van der Waals surface area contributed by atoms with Gasteiger partial charge in [0, 0.05) is 12.0 Å². The number of amides is 1. The van der Waals surface area contributed by atoms with Crippen LogP contribution in [0.25, 0.3) is 20.8 Å². The van der Waals surface area contributed by atoms with Crippen molar-refractivity contribution in [3.8, 4) is 22.1 Å². The number of fused-ring (bicyclic) bond motifs is 1. The molecule has 3 aromatic rings. The third-order valence-electron chi connectivity index (χ3n) is 4.38. The van der Waals surface area contributed by atoms with Gasteiger partial charge >= 0.3 is 0 Å². The van der Waals surface area contributed by atoms with E-state index in [0.717, 1.165) is 46.5 Å². The maximum absolute atomic E-state index is 11.0. The van der Waals surface area contributed by atoms with Gasteiger partial charge in [-0.05, 0) is 43.2 Å². The molecular weight excluding hydrogens is 376 g/mol. The second kappa shape index (κ2) is 10.1. The van der Waals surface area contributed by atoms with Crippen LogP contribution in [0.1, 0.15) is 32.1 Å². The molecule has 0 aliphatic heterocycles. The molecule has 1 aromatic heterocycles. The van der Waals surface area contributed by atoms with E-state index in [1.165, 1.54) is 0 Å². The van der Waals surface area contributed by atoms with Crippen LogP contribution in [0, 0.1) is 0 Å². The predicted octanol–water partition coefficient (Wildman–Crippen LogP) is 4.81. The summed E-state index contributed by atoms with van der Waals surface area (Å²) in [6.07, 6.45) is 3.85. The number of rotatable bonds is 10. The lowest BCUT2D eigenvalue weighted by Gasteiger charge is -2.11. The zero-order chi connectivity index (χ0) is 19.8. The lowest BCUT2D eigenvalue weighted by atomic mass is 10.1. The Balaban J connectivity index is 1.58. The molecule has 1 heterocycles. The van der Waals surface area contributed by atoms with Crippen molar-refractivity contribution >= 4 is 27.5 Å². The summed E-state index contributed by atoms with van der Waals surface area (Å²) in [6, 6.07) is 14.0. The molecule has 1 amide bonds. The molecule has 2 aromatic carbocycles. The Hall–Kier alpha value is -2.64. The third-order valence-corrected chi connectivity index (χ3v) is 5.47. The van der Waals surface area contributed by atoms with Gasteiger partial charge in [-0.3, -0.25) is 10.0 Å². The summed E-state index contributed by atoms with van der Waals surface area (Å²) in [5.74, 6) is 1.07. The fourth-order valence-electron chi connectivity index (χ4n) is 2.90. The summed E-state index contributed by atoms with van der Waals surface area (Å²) in [5, 5.41) is 9.42. The molecule has 0 spiro atoms. The van der Waals surface area contributed by atoms with Crippen LogP contribution in [0.4, 0.5) is 0 Å². The van der Waals surface area contributed by atoms with E-state index < -0.39 is 0 Å². The highest BCUT2D eigenvalue weighted by Gasteiger charge is 2.11. The topological polar surface area (TPSA) is 80.7 Å². The highest BCUT2D eigenvalue weighted by atomic mass is 32.1. The molecule has 0 aliphatic rings. The van der Waals surface area contributed by atoms with Crippen LogP contribution in [0.15, 0.2) is 42.5 Å². The average molecular weight is 401 g/mol. The minimum atomic E-state index is -0.340. The number of thiazole rings is 1. The quantitative estimate of drug-likeness (QED) is 0.290. The van der Waals surface area contributed by atoms with Gasteiger partial charge in [0.2, 0.25) is 5.91 Å². The number of hydrogen-bond acceptors (Lipinski definition) is 6. The molecule has 6 nitrogen and oxygen atoms in total. The molecule has 0 saturated heterocycles. The van der Waals surface area contributed by atoms with E-state index in [2.05, 4.69) is 6.07 Å². The maximum atomic E-state index is 11.0. The van der Waals surface area contributed by atoms with Crippen molar-refractivity contribution in [3.05, 3.63) is 42.5 Å². The van der Waals surface area contributed by atoms with Gasteiger partial charge in [0.05, 0.1) is 23.9 Å². The first-order valence-electron chi connectivity index (χ1n) is 9.31. The highest BCUT2D eigenvalue weighted by molar-refractivity contribution is 7.21. The molecule has 2 N–H and O–H groups in total. The Labute approximate surface area is 168 Å². The van der Waals surface area contributed by atoms with E-state index >= 15 is 0 Å². The first kappa shape index (κ1) is 20.1. The molecule has 148 valence electrons. The van der Waals surface area contributed by atoms with Crippen LogP contribution in [0.2, 0.25) is 0 Å². The molecule has 0 atom stereocenters. The standard InChI is InChI=1S/C21H24N2O4S/c1-26-17-12-11-15(21-22-16-8-5-6-9-19(16)28-21)14-18(17)27-13-7-3-2-4-10-20(24)23-25/h5-6,8-9,11-12,14,25H,2-4,7,10,13H2,1H3,(H,23,24). The molecule has 0 bridgehead atoms. The Bertz CT molecular complexity index is 893. The molecule has 28 heavy (non-hydrogen) atoms. The lowest BCUT2D eigenvalue weighted by molar-refractivity contribution is -0.129. The average Bonchev–Trinajstić information content (AvgIpc) is 3.17. The number of carbonyl (C=O) groups is 1. The number of benzene rings is 2. The van der Waals surface area contributed by atoms with E-state index in [1.807, 2.05) is 36.4 Å². The first-order chi connectivity index (χ1) is 13.7. The van der Waals surface area contributed by atoms with Gasteiger partial charge in [0.1, 0.15) is 5.01 Å². The minimum Gasteiger partial charge on any atom is -0.493 e. The highest BCUT2D eigenvalue weighted by Crippen LogP contribution is 2.36. The van der Waals surface area contributed by atoms with Gasteiger partial charge < -0.3 is 9.47 Å².